The van der Waals surface area contributed by atoms with E-state index in [-0.39, 0.29) is 38.9 Å². The van der Waals surface area contributed by atoms with Crippen molar-refractivity contribution in [2.45, 2.75) is 148 Å². The van der Waals surface area contributed by atoms with E-state index < -0.39 is 83.3 Å². The van der Waals surface area contributed by atoms with Gasteiger partial charge in [0.15, 0.2) is 6.17 Å². The molecule has 62 heavy (non-hydrogen) atoms. The minimum atomic E-state index is -1.63. The van der Waals surface area contributed by atoms with Gasteiger partial charge in [0.25, 0.3) is 11.8 Å². The fraction of sp³-hybridized carbons (Fsp3) is 0.578. The molecule has 0 radical (unpaired) electrons. The first-order valence-electron chi connectivity index (χ1n) is 21.5. The fourth-order valence-corrected chi connectivity index (χ4v) is 7.40. The van der Waals surface area contributed by atoms with E-state index >= 15 is 0 Å². The van der Waals surface area contributed by atoms with E-state index in [9.17, 15) is 38.7 Å². The number of nitrogens with zero attached hydrogens (tertiary/aromatic N) is 2. The molecule has 17 heteroatoms. The van der Waals surface area contributed by atoms with Crippen LogP contribution in [0.25, 0.3) is 11.1 Å². The van der Waals surface area contributed by atoms with Crippen LogP contribution < -0.4 is 27.0 Å². The molecule has 0 bridgehead atoms. The van der Waals surface area contributed by atoms with Gasteiger partial charge in [0, 0.05) is 25.2 Å². The minimum Gasteiger partial charge on any atom is -0.480 e. The van der Waals surface area contributed by atoms with Crippen LogP contribution >= 0.6 is 0 Å². The summed E-state index contributed by atoms with van der Waals surface area (Å²) in [7, 11) is 0. The summed E-state index contributed by atoms with van der Waals surface area (Å²) in [4.78, 5) is 94.6. The first-order chi connectivity index (χ1) is 29.1. The first-order valence-corrected chi connectivity index (χ1v) is 21.5. The topological polar surface area (TPSA) is 239 Å². The molecule has 5 atom stereocenters. The number of alkyl carbamates (subject to hydrolysis) is 2. The van der Waals surface area contributed by atoms with Gasteiger partial charge < -0.3 is 51.4 Å². The number of carbonyl (C=O) groups is 7. The van der Waals surface area contributed by atoms with E-state index in [4.69, 9.17) is 15.2 Å². The molecule has 0 unspecified atom stereocenters. The summed E-state index contributed by atoms with van der Waals surface area (Å²) >= 11 is 0. The zero-order valence-electron chi connectivity index (χ0n) is 37.1. The van der Waals surface area contributed by atoms with E-state index in [0.717, 1.165) is 30.4 Å². The maximum absolute atomic E-state index is 14.4. The molecular weight excluding hydrogens is 799 g/mol. The number of rotatable bonds is 17. The molecule has 7 N–H and O–H groups in total. The maximum Gasteiger partial charge on any atom is 0.407 e. The SMILES string of the molecule is CCCCc1ccc(-c2ccc(C(=O)N3C[C@@H](NC(=O)OC(C)(C)C)C[C@H]3C(=O)N3CCC[C@H]3C(=O)N[C@@H](N)C(=O)N[C@@H](CCCCNC(=O)OC(C)(C)C)C(=O)O)cc2)cc1. The van der Waals surface area contributed by atoms with Crippen LogP contribution in [0.4, 0.5) is 9.59 Å². The molecule has 2 aromatic rings. The molecule has 4 rings (SSSR count). The van der Waals surface area contributed by atoms with Crippen molar-refractivity contribution in [1.82, 2.24) is 31.1 Å². The number of nitrogens with two attached hydrogens (primary N) is 1. The average molecular weight is 864 g/mol. The van der Waals surface area contributed by atoms with Crippen LogP contribution in [0.1, 0.15) is 116 Å². The highest BCUT2D eigenvalue weighted by Gasteiger charge is 2.46. The minimum absolute atomic E-state index is 0.0101. The number of ether oxygens (including phenoxy) is 2. The molecule has 2 aliphatic rings. The molecule has 0 spiro atoms. The third kappa shape index (κ3) is 14.7. The number of likely N-dealkylation sites (tertiary alicyclic amines) is 2. The Morgan fingerprint density at radius 3 is 2.02 bits per heavy atom. The van der Waals surface area contributed by atoms with E-state index in [0.29, 0.717) is 24.8 Å². The second-order valence-electron chi connectivity index (χ2n) is 17.9. The number of nitrogens with one attached hydrogen (secondary N) is 4. The highest BCUT2D eigenvalue weighted by atomic mass is 16.6. The summed E-state index contributed by atoms with van der Waals surface area (Å²) in [6.07, 6.45) is 1.85. The van der Waals surface area contributed by atoms with E-state index in [2.05, 4.69) is 52.5 Å². The van der Waals surface area contributed by atoms with Crippen molar-refractivity contribution in [2.75, 3.05) is 19.6 Å². The molecule has 2 heterocycles. The fourth-order valence-electron chi connectivity index (χ4n) is 7.40. The summed E-state index contributed by atoms with van der Waals surface area (Å²) < 4.78 is 10.6. The number of carboxylic acid groups (broad SMARTS) is 1. The highest BCUT2D eigenvalue weighted by molar-refractivity contribution is 6.00. The molecule has 0 aromatic heterocycles. The van der Waals surface area contributed by atoms with Crippen LogP contribution in [-0.4, -0.2) is 118 Å². The number of amides is 6. The summed E-state index contributed by atoms with van der Waals surface area (Å²) in [5.41, 5.74) is 8.11. The van der Waals surface area contributed by atoms with Crippen molar-refractivity contribution in [2.24, 2.45) is 5.73 Å². The van der Waals surface area contributed by atoms with Crippen LogP contribution in [0.15, 0.2) is 48.5 Å². The number of carboxylic acids is 1. The molecule has 6 amide bonds. The Labute approximate surface area is 364 Å². The van der Waals surface area contributed by atoms with Gasteiger partial charge in [0.1, 0.15) is 29.3 Å². The number of unbranched alkanes of at least 4 members (excludes halogenated alkanes) is 2. The number of hydrogen-bond acceptors (Lipinski definition) is 10. The lowest BCUT2D eigenvalue weighted by Crippen LogP contribution is -2.59. The van der Waals surface area contributed by atoms with Gasteiger partial charge in [-0.25, -0.2) is 14.4 Å². The van der Waals surface area contributed by atoms with Crippen molar-refractivity contribution >= 4 is 41.8 Å². The molecule has 0 aliphatic carbocycles. The van der Waals surface area contributed by atoms with Crippen LogP contribution in [-0.2, 0) is 35.1 Å². The smallest absolute Gasteiger partial charge is 0.407 e. The third-order valence-corrected chi connectivity index (χ3v) is 10.4. The molecule has 2 aromatic carbocycles. The van der Waals surface area contributed by atoms with Gasteiger partial charge >= 0.3 is 18.2 Å². The van der Waals surface area contributed by atoms with Gasteiger partial charge in [0.2, 0.25) is 11.8 Å². The Morgan fingerprint density at radius 2 is 1.42 bits per heavy atom. The summed E-state index contributed by atoms with van der Waals surface area (Å²) in [6.45, 7) is 13.0. The highest BCUT2D eigenvalue weighted by Crippen LogP contribution is 2.28. The Balaban J connectivity index is 1.41. The number of carbonyl (C=O) groups excluding carboxylic acids is 6. The van der Waals surface area contributed by atoms with Crippen LogP contribution in [0.2, 0.25) is 0 Å². The standard InChI is InChI=1S/C45H65N7O10/c1-8-9-13-28-16-18-29(19-17-28)30-20-22-31(23-21-30)39(55)52-27-32(48-43(60)62-45(5,6)7)26-35(52)40(56)51-25-12-15-34(51)37(53)50-36(46)38(54)49-33(41(57)58)14-10-11-24-47-42(59)61-44(2,3)4/h16-23,32-36H,8-15,24-27,46H2,1-7H3,(H,47,59)(H,48,60)(H,49,54)(H,50,53)(H,57,58)/t32-,33-,34-,35-,36+/m0/s1. The van der Waals surface area contributed by atoms with E-state index in [1.807, 2.05) is 12.1 Å². The summed E-state index contributed by atoms with van der Waals surface area (Å²) in [5, 5.41) is 19.9. The van der Waals surface area contributed by atoms with Crippen molar-refractivity contribution in [1.29, 1.82) is 0 Å². The molecule has 340 valence electrons. The van der Waals surface area contributed by atoms with Gasteiger partial charge in [-0.15, -0.1) is 0 Å². The van der Waals surface area contributed by atoms with E-state index in [1.165, 1.54) is 15.4 Å². The normalized spacial score (nSPS) is 18.6. The monoisotopic (exact) mass is 863 g/mol. The van der Waals surface area contributed by atoms with Gasteiger partial charge in [-0.2, -0.15) is 0 Å². The number of aryl methyl sites for hydroxylation is 1. The first kappa shape index (κ1) is 49.0. The maximum atomic E-state index is 14.4. The molecule has 0 saturated carbocycles. The lowest BCUT2D eigenvalue weighted by molar-refractivity contribution is -0.143. The Morgan fingerprint density at radius 1 is 0.806 bits per heavy atom. The van der Waals surface area contributed by atoms with Crippen molar-refractivity contribution in [3.8, 4) is 11.1 Å². The van der Waals surface area contributed by atoms with Crippen molar-refractivity contribution in [3.63, 3.8) is 0 Å². The molecule has 2 fully saturated rings. The number of aliphatic carboxylic acids is 1. The average Bonchev–Trinajstić information content (AvgIpc) is 3.86. The Kier molecular flexibility index (Phi) is 17.3. The summed E-state index contributed by atoms with van der Waals surface area (Å²) in [5.74, 6) is -3.89. The number of benzene rings is 2. The van der Waals surface area contributed by atoms with Crippen LogP contribution in [0.3, 0.4) is 0 Å². The third-order valence-electron chi connectivity index (χ3n) is 10.4. The predicted octanol–water partition coefficient (Wildman–Crippen LogP) is 4.46. The zero-order valence-corrected chi connectivity index (χ0v) is 37.1. The van der Waals surface area contributed by atoms with Gasteiger partial charge in [-0.1, -0.05) is 49.7 Å². The van der Waals surface area contributed by atoms with E-state index in [1.54, 1.807) is 53.7 Å². The molecular formula is C45H65N7O10. The Bertz CT molecular complexity index is 1890. The van der Waals surface area contributed by atoms with Gasteiger partial charge in [0.05, 0.1) is 6.04 Å². The summed E-state index contributed by atoms with van der Waals surface area (Å²) in [6, 6.07) is 11.4. The number of hydrogen-bond donors (Lipinski definition) is 6. The quantitative estimate of drug-likeness (QED) is 0.0959. The van der Waals surface area contributed by atoms with Gasteiger partial charge in [-0.05, 0) is 122 Å². The second-order valence-corrected chi connectivity index (χ2v) is 17.9. The van der Waals surface area contributed by atoms with Crippen molar-refractivity contribution in [3.05, 3.63) is 59.7 Å². The van der Waals surface area contributed by atoms with Gasteiger partial charge in [-0.3, -0.25) is 19.2 Å². The predicted molar refractivity (Wildman–Crippen MR) is 232 cm³/mol. The Hall–Kier alpha value is -5.71. The lowest BCUT2D eigenvalue weighted by atomic mass is 10.0. The second kappa shape index (κ2) is 21.9. The van der Waals surface area contributed by atoms with Crippen LogP contribution in [0.5, 0.6) is 0 Å². The lowest BCUT2D eigenvalue weighted by Gasteiger charge is -2.31. The molecule has 2 aliphatic heterocycles. The zero-order chi connectivity index (χ0) is 45.8. The molecule has 17 nitrogen and oxygen atoms in total. The van der Waals surface area contributed by atoms with Crippen molar-refractivity contribution < 1.29 is 48.1 Å². The molecule has 2 saturated heterocycles. The largest absolute Gasteiger partial charge is 0.480 e. The van der Waals surface area contributed by atoms with Crippen LogP contribution in [0, 0.1) is 0 Å².